The third-order valence-electron chi connectivity index (χ3n) is 2.14. The van der Waals surface area contributed by atoms with Gasteiger partial charge in [0.15, 0.2) is 0 Å². The van der Waals surface area contributed by atoms with Crippen LogP contribution in [0.4, 0.5) is 0 Å². The Morgan fingerprint density at radius 2 is 2.20 bits per heavy atom. The van der Waals surface area contributed by atoms with Gasteiger partial charge in [0.05, 0.1) is 12.7 Å². The highest BCUT2D eigenvalue weighted by atomic mass is 16.5. The lowest BCUT2D eigenvalue weighted by molar-refractivity contribution is -0.0471. The minimum Gasteiger partial charge on any atom is -0.376 e. The number of rotatable bonds is 1. The Bertz CT molecular complexity index is 105. The fourth-order valence-corrected chi connectivity index (χ4v) is 1.41. The number of ether oxygens (including phenoxy) is 1. The minimum absolute atomic E-state index is 0.427. The van der Waals surface area contributed by atoms with Gasteiger partial charge in [-0.3, -0.25) is 4.90 Å². The molecule has 0 saturated carbocycles. The summed E-state index contributed by atoms with van der Waals surface area (Å²) in [4.78, 5) is 2.45. The van der Waals surface area contributed by atoms with Crippen molar-refractivity contribution in [1.82, 2.24) is 4.90 Å². The van der Waals surface area contributed by atoms with E-state index in [-0.39, 0.29) is 0 Å². The Balaban J connectivity index is 2.38. The summed E-state index contributed by atoms with van der Waals surface area (Å²) in [5.41, 5.74) is 0. The maximum Gasteiger partial charge on any atom is 0.0674 e. The number of likely N-dealkylation sites (N-methyl/N-ethyl adjacent to an activating group) is 1. The first-order valence-corrected chi connectivity index (χ1v) is 4.09. The van der Waals surface area contributed by atoms with E-state index in [2.05, 4.69) is 25.7 Å². The molecular formula is C8H17NO. The minimum atomic E-state index is 0.427. The second kappa shape index (κ2) is 3.35. The van der Waals surface area contributed by atoms with Gasteiger partial charge in [-0.15, -0.1) is 0 Å². The van der Waals surface area contributed by atoms with E-state index in [0.717, 1.165) is 19.7 Å². The summed E-state index contributed by atoms with van der Waals surface area (Å²) < 4.78 is 5.48. The monoisotopic (exact) mass is 143 g/mol. The molecule has 1 fully saturated rings. The van der Waals surface area contributed by atoms with Gasteiger partial charge in [-0.2, -0.15) is 0 Å². The van der Waals surface area contributed by atoms with Gasteiger partial charge in [-0.25, -0.2) is 0 Å². The van der Waals surface area contributed by atoms with Crippen molar-refractivity contribution in [2.75, 3.05) is 19.7 Å². The van der Waals surface area contributed by atoms with E-state index in [9.17, 15) is 0 Å². The van der Waals surface area contributed by atoms with Crippen LogP contribution in [0.15, 0.2) is 0 Å². The van der Waals surface area contributed by atoms with Crippen LogP contribution in [0.25, 0.3) is 0 Å². The molecule has 0 aromatic heterocycles. The Morgan fingerprint density at radius 1 is 1.50 bits per heavy atom. The lowest BCUT2D eigenvalue weighted by atomic mass is 10.2. The maximum absolute atomic E-state index is 5.48. The molecule has 2 heteroatoms. The van der Waals surface area contributed by atoms with Crippen LogP contribution >= 0.6 is 0 Å². The van der Waals surface area contributed by atoms with E-state index < -0.39 is 0 Å². The Hall–Kier alpha value is -0.0800. The highest BCUT2D eigenvalue weighted by Crippen LogP contribution is 2.09. The highest BCUT2D eigenvalue weighted by Gasteiger charge is 2.21. The molecule has 1 heterocycles. The van der Waals surface area contributed by atoms with Crippen molar-refractivity contribution >= 4 is 0 Å². The first-order valence-electron chi connectivity index (χ1n) is 4.09. The maximum atomic E-state index is 5.48. The summed E-state index contributed by atoms with van der Waals surface area (Å²) in [6, 6.07) is 0.612. The van der Waals surface area contributed by atoms with Gasteiger partial charge in [0.1, 0.15) is 0 Å². The van der Waals surface area contributed by atoms with Gasteiger partial charge < -0.3 is 4.74 Å². The van der Waals surface area contributed by atoms with Crippen LogP contribution < -0.4 is 0 Å². The van der Waals surface area contributed by atoms with Gasteiger partial charge in [0, 0.05) is 12.6 Å². The third-order valence-corrected chi connectivity index (χ3v) is 2.14. The molecule has 2 nitrogen and oxygen atoms in total. The van der Waals surface area contributed by atoms with Crippen LogP contribution in [0.2, 0.25) is 0 Å². The van der Waals surface area contributed by atoms with Crippen molar-refractivity contribution in [3.05, 3.63) is 0 Å². The average Bonchev–Trinajstić information content (AvgIpc) is 1.94. The van der Waals surface area contributed by atoms with Gasteiger partial charge in [0.25, 0.3) is 0 Å². The SMILES string of the molecule is CCN1C[C@H](C)OC[C@@H]1C. The molecule has 1 aliphatic rings. The number of hydrogen-bond donors (Lipinski definition) is 0. The van der Waals surface area contributed by atoms with Crippen molar-refractivity contribution in [3.8, 4) is 0 Å². The van der Waals surface area contributed by atoms with Gasteiger partial charge in [-0.1, -0.05) is 6.92 Å². The number of nitrogens with zero attached hydrogens (tertiary/aromatic N) is 1. The molecule has 10 heavy (non-hydrogen) atoms. The molecule has 0 amide bonds. The second-order valence-corrected chi connectivity index (χ2v) is 3.08. The highest BCUT2D eigenvalue weighted by molar-refractivity contribution is 4.73. The Kier molecular flexibility index (Phi) is 2.69. The quantitative estimate of drug-likeness (QED) is 0.545. The molecule has 0 radical (unpaired) electrons. The molecule has 0 N–H and O–H groups in total. The largest absolute Gasteiger partial charge is 0.376 e. The summed E-state index contributed by atoms with van der Waals surface area (Å²) in [5, 5.41) is 0. The molecule has 0 unspecified atom stereocenters. The van der Waals surface area contributed by atoms with Crippen molar-refractivity contribution in [1.29, 1.82) is 0 Å². The van der Waals surface area contributed by atoms with Crippen LogP contribution in [-0.2, 0) is 4.74 Å². The van der Waals surface area contributed by atoms with E-state index in [1.165, 1.54) is 0 Å². The number of hydrogen-bond acceptors (Lipinski definition) is 2. The predicted octanol–water partition coefficient (Wildman–Crippen LogP) is 1.12. The number of morpholine rings is 1. The first-order chi connectivity index (χ1) is 4.74. The van der Waals surface area contributed by atoms with Crippen molar-refractivity contribution in [2.24, 2.45) is 0 Å². The lowest BCUT2D eigenvalue weighted by Crippen LogP contribution is -2.46. The topological polar surface area (TPSA) is 12.5 Å². The van der Waals surface area contributed by atoms with E-state index in [0.29, 0.717) is 12.1 Å². The molecule has 0 aromatic carbocycles. The van der Waals surface area contributed by atoms with Crippen molar-refractivity contribution in [3.63, 3.8) is 0 Å². The Labute approximate surface area is 63.2 Å². The molecule has 1 saturated heterocycles. The third kappa shape index (κ3) is 1.70. The van der Waals surface area contributed by atoms with E-state index in [1.54, 1.807) is 0 Å². The van der Waals surface area contributed by atoms with E-state index >= 15 is 0 Å². The van der Waals surface area contributed by atoms with Crippen LogP contribution in [0.3, 0.4) is 0 Å². The fraction of sp³-hybridized carbons (Fsp3) is 1.00. The van der Waals surface area contributed by atoms with Crippen molar-refractivity contribution < 1.29 is 4.74 Å². The zero-order valence-electron chi connectivity index (χ0n) is 7.13. The summed E-state index contributed by atoms with van der Waals surface area (Å²) in [6.07, 6.45) is 0.427. The standard InChI is InChI=1S/C8H17NO/c1-4-9-5-8(3)10-6-7(9)2/h7-8H,4-6H2,1-3H3/t7-,8-/m0/s1. The zero-order valence-corrected chi connectivity index (χ0v) is 7.13. The molecule has 1 aliphatic heterocycles. The molecule has 1 rings (SSSR count). The molecule has 0 spiro atoms. The zero-order chi connectivity index (χ0) is 7.56. The first kappa shape index (κ1) is 8.02. The van der Waals surface area contributed by atoms with Crippen LogP contribution in [0.1, 0.15) is 20.8 Å². The lowest BCUT2D eigenvalue weighted by Gasteiger charge is -2.35. The summed E-state index contributed by atoms with van der Waals surface area (Å²) in [7, 11) is 0. The molecule has 2 atom stereocenters. The van der Waals surface area contributed by atoms with Gasteiger partial charge in [-0.05, 0) is 20.4 Å². The van der Waals surface area contributed by atoms with E-state index in [1.807, 2.05) is 0 Å². The Morgan fingerprint density at radius 3 is 2.70 bits per heavy atom. The molecule has 0 aromatic rings. The summed E-state index contributed by atoms with van der Waals surface area (Å²) in [6.45, 7) is 9.69. The second-order valence-electron chi connectivity index (χ2n) is 3.08. The summed E-state index contributed by atoms with van der Waals surface area (Å²) >= 11 is 0. The van der Waals surface area contributed by atoms with Crippen molar-refractivity contribution in [2.45, 2.75) is 32.9 Å². The van der Waals surface area contributed by atoms with Gasteiger partial charge >= 0.3 is 0 Å². The van der Waals surface area contributed by atoms with E-state index in [4.69, 9.17) is 4.74 Å². The molecular weight excluding hydrogens is 126 g/mol. The normalized spacial score (nSPS) is 36.3. The molecule has 60 valence electrons. The predicted molar refractivity (Wildman–Crippen MR) is 42.1 cm³/mol. The smallest absolute Gasteiger partial charge is 0.0674 e. The molecule has 0 bridgehead atoms. The summed E-state index contributed by atoms with van der Waals surface area (Å²) in [5.74, 6) is 0. The van der Waals surface area contributed by atoms with Crippen LogP contribution in [0.5, 0.6) is 0 Å². The average molecular weight is 143 g/mol. The molecule has 0 aliphatic carbocycles. The van der Waals surface area contributed by atoms with Crippen LogP contribution in [0, 0.1) is 0 Å². The fourth-order valence-electron chi connectivity index (χ4n) is 1.41. The van der Waals surface area contributed by atoms with Gasteiger partial charge in [0.2, 0.25) is 0 Å². The van der Waals surface area contributed by atoms with Crippen LogP contribution in [-0.4, -0.2) is 36.7 Å².